The van der Waals surface area contributed by atoms with Gasteiger partial charge in [-0.3, -0.25) is 0 Å². The van der Waals surface area contributed by atoms with Gasteiger partial charge in [-0.15, -0.1) is 0 Å². The highest BCUT2D eigenvalue weighted by Gasteiger charge is 2.30. The third-order valence-corrected chi connectivity index (χ3v) is 3.97. The standard InChI is InChI=1S/C20H25NO6/c1-6-27-20(22)19(21-13-7-9-14(23-2)10-8-13)18-16(25-4)11-15(24-3)12-17(18)26-5/h7-12,19,21H,6H2,1-5H3. The molecule has 7 nitrogen and oxygen atoms in total. The normalized spacial score (nSPS) is 11.3. The van der Waals surface area contributed by atoms with Crippen LogP contribution in [0.15, 0.2) is 36.4 Å². The molecule has 0 saturated heterocycles. The van der Waals surface area contributed by atoms with Gasteiger partial charge in [-0.1, -0.05) is 0 Å². The van der Waals surface area contributed by atoms with Crippen LogP contribution >= 0.6 is 0 Å². The number of nitrogens with one attached hydrogen (secondary N) is 1. The van der Waals surface area contributed by atoms with Crippen LogP contribution in [0.2, 0.25) is 0 Å². The van der Waals surface area contributed by atoms with Crippen molar-refractivity contribution in [3.05, 3.63) is 42.0 Å². The molecule has 7 heteroatoms. The summed E-state index contributed by atoms with van der Waals surface area (Å²) >= 11 is 0. The van der Waals surface area contributed by atoms with Crippen molar-refractivity contribution in [2.45, 2.75) is 13.0 Å². The maximum absolute atomic E-state index is 12.7. The minimum Gasteiger partial charge on any atom is -0.497 e. The summed E-state index contributed by atoms with van der Waals surface area (Å²) in [5, 5.41) is 3.19. The molecule has 146 valence electrons. The van der Waals surface area contributed by atoms with E-state index in [2.05, 4.69) is 5.32 Å². The van der Waals surface area contributed by atoms with Crippen LogP contribution in [0, 0.1) is 0 Å². The molecule has 1 atom stereocenters. The quantitative estimate of drug-likeness (QED) is 0.673. The van der Waals surface area contributed by atoms with E-state index in [0.717, 1.165) is 0 Å². The topological polar surface area (TPSA) is 75.3 Å². The van der Waals surface area contributed by atoms with Crippen molar-refractivity contribution in [1.82, 2.24) is 0 Å². The third-order valence-electron chi connectivity index (χ3n) is 3.97. The molecule has 0 radical (unpaired) electrons. The van der Waals surface area contributed by atoms with Crippen LogP contribution < -0.4 is 24.3 Å². The molecule has 0 spiro atoms. The molecule has 1 unspecified atom stereocenters. The fraction of sp³-hybridized carbons (Fsp3) is 0.350. The van der Waals surface area contributed by atoms with Crippen LogP contribution in [0.25, 0.3) is 0 Å². The lowest BCUT2D eigenvalue weighted by Crippen LogP contribution is -2.24. The first-order chi connectivity index (χ1) is 13.1. The van der Waals surface area contributed by atoms with E-state index in [1.54, 1.807) is 45.4 Å². The number of hydrogen-bond donors (Lipinski definition) is 1. The van der Waals surface area contributed by atoms with Gasteiger partial charge in [-0.2, -0.15) is 0 Å². The molecular weight excluding hydrogens is 350 g/mol. The molecule has 0 aliphatic carbocycles. The van der Waals surface area contributed by atoms with Gasteiger partial charge in [0.15, 0.2) is 6.04 Å². The van der Waals surface area contributed by atoms with Crippen molar-refractivity contribution < 1.29 is 28.5 Å². The van der Waals surface area contributed by atoms with Crippen molar-refractivity contribution >= 4 is 11.7 Å². The minimum atomic E-state index is -0.839. The number of rotatable bonds is 9. The summed E-state index contributed by atoms with van der Waals surface area (Å²) in [6.07, 6.45) is 0. The monoisotopic (exact) mass is 375 g/mol. The third kappa shape index (κ3) is 4.75. The van der Waals surface area contributed by atoms with Gasteiger partial charge >= 0.3 is 5.97 Å². The summed E-state index contributed by atoms with van der Waals surface area (Å²) in [6.45, 7) is 2.01. The van der Waals surface area contributed by atoms with E-state index in [9.17, 15) is 4.79 Å². The Morgan fingerprint density at radius 3 is 1.89 bits per heavy atom. The summed E-state index contributed by atoms with van der Waals surface area (Å²) in [5.41, 5.74) is 1.24. The van der Waals surface area contributed by atoms with Crippen LogP contribution in [-0.4, -0.2) is 41.0 Å². The predicted molar refractivity (Wildman–Crippen MR) is 102 cm³/mol. The first-order valence-electron chi connectivity index (χ1n) is 8.45. The molecule has 0 aromatic heterocycles. The molecule has 0 bridgehead atoms. The zero-order valence-electron chi connectivity index (χ0n) is 16.2. The Morgan fingerprint density at radius 1 is 0.889 bits per heavy atom. The number of anilines is 1. The molecular formula is C20H25NO6. The lowest BCUT2D eigenvalue weighted by molar-refractivity contribution is -0.144. The van der Waals surface area contributed by atoms with Crippen LogP contribution in [0.4, 0.5) is 5.69 Å². The van der Waals surface area contributed by atoms with Gasteiger partial charge in [-0.25, -0.2) is 4.79 Å². The van der Waals surface area contributed by atoms with Crippen molar-refractivity contribution in [2.75, 3.05) is 40.4 Å². The zero-order valence-corrected chi connectivity index (χ0v) is 16.2. The lowest BCUT2D eigenvalue weighted by Gasteiger charge is -2.23. The van der Waals surface area contributed by atoms with Gasteiger partial charge in [-0.05, 0) is 31.2 Å². The highest BCUT2D eigenvalue weighted by molar-refractivity contribution is 5.83. The molecule has 0 aliphatic rings. The molecule has 2 aromatic rings. The maximum Gasteiger partial charge on any atom is 0.333 e. The van der Waals surface area contributed by atoms with E-state index in [1.165, 1.54) is 14.2 Å². The van der Waals surface area contributed by atoms with Crippen molar-refractivity contribution in [1.29, 1.82) is 0 Å². The summed E-state index contributed by atoms with van der Waals surface area (Å²) in [4.78, 5) is 12.7. The summed E-state index contributed by atoms with van der Waals surface area (Å²) in [7, 11) is 6.18. The Labute approximate surface area is 159 Å². The highest BCUT2D eigenvalue weighted by Crippen LogP contribution is 2.40. The van der Waals surface area contributed by atoms with E-state index in [4.69, 9.17) is 23.7 Å². The number of hydrogen-bond acceptors (Lipinski definition) is 7. The van der Waals surface area contributed by atoms with E-state index in [1.807, 2.05) is 12.1 Å². The average Bonchev–Trinajstić information content (AvgIpc) is 2.71. The minimum absolute atomic E-state index is 0.250. The van der Waals surface area contributed by atoms with Gasteiger partial charge in [0.1, 0.15) is 23.0 Å². The predicted octanol–water partition coefficient (Wildman–Crippen LogP) is 3.44. The second-order valence-corrected chi connectivity index (χ2v) is 5.50. The van der Waals surface area contributed by atoms with Gasteiger partial charge in [0.05, 0.1) is 40.6 Å². The second-order valence-electron chi connectivity index (χ2n) is 5.50. The lowest BCUT2D eigenvalue weighted by atomic mass is 10.0. The molecule has 2 rings (SSSR count). The fourth-order valence-corrected chi connectivity index (χ4v) is 2.65. The Bertz CT molecular complexity index is 735. The molecule has 2 aromatic carbocycles. The van der Waals surface area contributed by atoms with Gasteiger partial charge < -0.3 is 29.0 Å². The molecule has 0 saturated carbocycles. The number of carbonyl (C=O) groups is 1. The first-order valence-corrected chi connectivity index (χ1v) is 8.45. The summed E-state index contributed by atoms with van der Waals surface area (Å²) in [6, 6.07) is 9.77. The van der Waals surface area contributed by atoms with E-state index in [-0.39, 0.29) is 6.61 Å². The summed E-state index contributed by atoms with van der Waals surface area (Å²) in [5.74, 6) is 1.72. The number of esters is 1. The number of ether oxygens (including phenoxy) is 5. The van der Waals surface area contributed by atoms with Crippen molar-refractivity contribution in [3.63, 3.8) is 0 Å². The Hall–Kier alpha value is -3.09. The zero-order chi connectivity index (χ0) is 19.8. The van der Waals surface area contributed by atoms with E-state index < -0.39 is 12.0 Å². The van der Waals surface area contributed by atoms with Gasteiger partial charge in [0.25, 0.3) is 0 Å². The smallest absolute Gasteiger partial charge is 0.333 e. The average molecular weight is 375 g/mol. The Kier molecular flexibility index (Phi) is 7.16. The van der Waals surface area contributed by atoms with Crippen LogP contribution in [0.1, 0.15) is 18.5 Å². The molecule has 1 N–H and O–H groups in total. The molecule has 0 aliphatic heterocycles. The van der Waals surface area contributed by atoms with Crippen molar-refractivity contribution in [3.8, 4) is 23.0 Å². The van der Waals surface area contributed by atoms with E-state index in [0.29, 0.717) is 34.2 Å². The number of methoxy groups -OCH3 is 4. The SMILES string of the molecule is CCOC(=O)C(Nc1ccc(OC)cc1)c1c(OC)cc(OC)cc1OC. The number of carbonyl (C=O) groups excluding carboxylic acids is 1. The largest absolute Gasteiger partial charge is 0.497 e. The van der Waals surface area contributed by atoms with Gasteiger partial charge in [0, 0.05) is 17.8 Å². The Balaban J connectivity index is 2.51. The molecule has 0 amide bonds. The maximum atomic E-state index is 12.7. The van der Waals surface area contributed by atoms with Crippen LogP contribution in [-0.2, 0) is 9.53 Å². The van der Waals surface area contributed by atoms with Crippen LogP contribution in [0.5, 0.6) is 23.0 Å². The number of benzene rings is 2. The van der Waals surface area contributed by atoms with Crippen molar-refractivity contribution in [2.24, 2.45) is 0 Å². The fourth-order valence-electron chi connectivity index (χ4n) is 2.65. The second kappa shape index (κ2) is 9.56. The van der Waals surface area contributed by atoms with Gasteiger partial charge in [0.2, 0.25) is 0 Å². The molecule has 27 heavy (non-hydrogen) atoms. The summed E-state index contributed by atoms with van der Waals surface area (Å²) < 4.78 is 26.7. The molecule has 0 fully saturated rings. The van der Waals surface area contributed by atoms with Crippen LogP contribution in [0.3, 0.4) is 0 Å². The molecule has 0 heterocycles. The Morgan fingerprint density at radius 2 is 1.44 bits per heavy atom. The first kappa shape index (κ1) is 20.2. The highest BCUT2D eigenvalue weighted by atomic mass is 16.5. The van der Waals surface area contributed by atoms with E-state index >= 15 is 0 Å².